The molecule has 2 N–H and O–H groups in total. The zero-order chi connectivity index (χ0) is 11.5. The van der Waals surface area contributed by atoms with Gasteiger partial charge in [0.1, 0.15) is 0 Å². The summed E-state index contributed by atoms with van der Waals surface area (Å²) in [5.74, 6) is 0.416. The van der Waals surface area contributed by atoms with Crippen molar-refractivity contribution in [1.29, 1.82) is 0 Å². The molecular formula is C12H23N3O. The van der Waals surface area contributed by atoms with Gasteiger partial charge in [-0.25, -0.2) is 0 Å². The molecular weight excluding hydrogens is 202 g/mol. The topological polar surface area (TPSA) is 44.4 Å². The van der Waals surface area contributed by atoms with E-state index in [1.54, 1.807) is 0 Å². The van der Waals surface area contributed by atoms with Crippen LogP contribution in [0.2, 0.25) is 0 Å². The van der Waals surface area contributed by atoms with E-state index in [-0.39, 0.29) is 11.8 Å². The van der Waals surface area contributed by atoms with Gasteiger partial charge < -0.3 is 10.6 Å². The van der Waals surface area contributed by atoms with Crippen LogP contribution in [0.3, 0.4) is 0 Å². The van der Waals surface area contributed by atoms with Crippen LogP contribution in [0.4, 0.5) is 0 Å². The Morgan fingerprint density at radius 2 is 2.25 bits per heavy atom. The molecule has 0 aromatic heterocycles. The molecule has 0 spiro atoms. The van der Waals surface area contributed by atoms with Gasteiger partial charge in [0, 0.05) is 25.2 Å². The van der Waals surface area contributed by atoms with E-state index in [1.807, 2.05) is 0 Å². The molecule has 0 aromatic carbocycles. The number of likely N-dealkylation sites (N-methyl/N-ethyl adjacent to an activating group) is 1. The minimum atomic E-state index is 0.193. The fourth-order valence-corrected chi connectivity index (χ4v) is 2.26. The molecule has 1 aliphatic heterocycles. The second-order valence-electron chi connectivity index (χ2n) is 5.18. The van der Waals surface area contributed by atoms with E-state index in [1.165, 1.54) is 12.8 Å². The zero-order valence-corrected chi connectivity index (χ0v) is 10.3. The molecule has 4 heteroatoms. The summed E-state index contributed by atoms with van der Waals surface area (Å²) < 4.78 is 0. The fourth-order valence-electron chi connectivity index (χ4n) is 2.26. The second kappa shape index (κ2) is 5.15. The predicted octanol–water partition coefficient (Wildman–Crippen LogP) is 0.195. The number of carbonyl (C=O) groups is 1. The van der Waals surface area contributed by atoms with E-state index in [9.17, 15) is 4.79 Å². The quantitative estimate of drug-likeness (QED) is 0.702. The van der Waals surface area contributed by atoms with Gasteiger partial charge in [-0.3, -0.25) is 9.69 Å². The number of nitrogens with zero attached hydrogens (tertiary/aromatic N) is 1. The third kappa shape index (κ3) is 2.95. The maximum absolute atomic E-state index is 11.8. The van der Waals surface area contributed by atoms with Crippen molar-refractivity contribution in [2.24, 2.45) is 5.92 Å². The van der Waals surface area contributed by atoms with Gasteiger partial charge in [0.05, 0.1) is 5.92 Å². The molecule has 2 atom stereocenters. The molecule has 1 saturated carbocycles. The summed E-state index contributed by atoms with van der Waals surface area (Å²) in [5.41, 5.74) is 0. The maximum Gasteiger partial charge on any atom is 0.224 e. The lowest BCUT2D eigenvalue weighted by atomic mass is 10.1. The van der Waals surface area contributed by atoms with Crippen LogP contribution in [0.5, 0.6) is 0 Å². The minimum absolute atomic E-state index is 0.193. The summed E-state index contributed by atoms with van der Waals surface area (Å²) in [5, 5.41) is 6.29. The summed E-state index contributed by atoms with van der Waals surface area (Å²) in [4.78, 5) is 14.2. The number of rotatable bonds is 5. The largest absolute Gasteiger partial charge is 0.354 e. The number of hydrogen-bond donors (Lipinski definition) is 2. The van der Waals surface area contributed by atoms with Gasteiger partial charge in [0.2, 0.25) is 5.91 Å². The molecule has 2 unspecified atom stereocenters. The van der Waals surface area contributed by atoms with Crippen molar-refractivity contribution >= 4 is 5.91 Å². The highest BCUT2D eigenvalue weighted by Crippen LogP contribution is 2.26. The summed E-state index contributed by atoms with van der Waals surface area (Å²) in [6.45, 7) is 4.79. The van der Waals surface area contributed by atoms with E-state index in [0.717, 1.165) is 32.1 Å². The Morgan fingerprint density at radius 3 is 2.81 bits per heavy atom. The molecule has 16 heavy (non-hydrogen) atoms. The van der Waals surface area contributed by atoms with Crippen molar-refractivity contribution in [2.45, 2.75) is 38.3 Å². The van der Waals surface area contributed by atoms with Crippen LogP contribution in [0.15, 0.2) is 0 Å². The molecule has 0 aromatic rings. The highest BCUT2D eigenvalue weighted by Gasteiger charge is 2.29. The Morgan fingerprint density at radius 1 is 1.50 bits per heavy atom. The Balaban J connectivity index is 1.67. The molecule has 92 valence electrons. The van der Waals surface area contributed by atoms with Crippen molar-refractivity contribution in [3.8, 4) is 0 Å². The van der Waals surface area contributed by atoms with Crippen LogP contribution in [0.1, 0.15) is 26.2 Å². The van der Waals surface area contributed by atoms with E-state index in [0.29, 0.717) is 6.04 Å². The lowest BCUT2D eigenvalue weighted by molar-refractivity contribution is -0.124. The number of nitrogens with one attached hydrogen (secondary N) is 2. The molecule has 4 nitrogen and oxygen atoms in total. The predicted molar refractivity (Wildman–Crippen MR) is 64.2 cm³/mol. The molecule has 1 saturated heterocycles. The first kappa shape index (κ1) is 11.9. The SMILES string of the molecule is CC(CNC(=O)C1CCNC1)N(C)C1CC1. The molecule has 1 amide bonds. The Hall–Kier alpha value is -0.610. The monoisotopic (exact) mass is 225 g/mol. The lowest BCUT2D eigenvalue weighted by Gasteiger charge is -2.25. The van der Waals surface area contributed by atoms with Crippen molar-refractivity contribution in [1.82, 2.24) is 15.5 Å². The first-order chi connectivity index (χ1) is 7.68. The third-order valence-corrected chi connectivity index (χ3v) is 3.82. The Kier molecular flexibility index (Phi) is 3.82. The summed E-state index contributed by atoms with van der Waals surface area (Å²) >= 11 is 0. The zero-order valence-electron chi connectivity index (χ0n) is 10.3. The standard InChI is InChI=1S/C12H23N3O/c1-9(15(2)11-3-4-11)7-14-12(16)10-5-6-13-8-10/h9-11,13H,3-8H2,1-2H3,(H,14,16). The van der Waals surface area contributed by atoms with Gasteiger partial charge in [0.25, 0.3) is 0 Å². The molecule has 2 aliphatic rings. The smallest absolute Gasteiger partial charge is 0.224 e. The van der Waals surface area contributed by atoms with E-state index in [2.05, 4.69) is 29.5 Å². The second-order valence-corrected chi connectivity index (χ2v) is 5.18. The molecule has 1 heterocycles. The van der Waals surface area contributed by atoms with Crippen molar-refractivity contribution < 1.29 is 4.79 Å². The average molecular weight is 225 g/mol. The van der Waals surface area contributed by atoms with E-state index < -0.39 is 0 Å². The Bertz CT molecular complexity index is 247. The van der Waals surface area contributed by atoms with Crippen LogP contribution < -0.4 is 10.6 Å². The molecule has 0 radical (unpaired) electrons. The van der Waals surface area contributed by atoms with Crippen LogP contribution >= 0.6 is 0 Å². The van der Waals surface area contributed by atoms with Gasteiger partial charge in [-0.1, -0.05) is 0 Å². The van der Waals surface area contributed by atoms with Gasteiger partial charge in [0.15, 0.2) is 0 Å². The average Bonchev–Trinajstić information content (AvgIpc) is 2.99. The van der Waals surface area contributed by atoms with E-state index >= 15 is 0 Å². The first-order valence-corrected chi connectivity index (χ1v) is 6.39. The molecule has 2 fully saturated rings. The minimum Gasteiger partial charge on any atom is -0.354 e. The molecule has 2 rings (SSSR count). The van der Waals surface area contributed by atoms with E-state index in [4.69, 9.17) is 0 Å². The fraction of sp³-hybridized carbons (Fsp3) is 0.917. The summed E-state index contributed by atoms with van der Waals surface area (Å²) in [6, 6.07) is 1.21. The van der Waals surface area contributed by atoms with Gasteiger partial charge >= 0.3 is 0 Å². The highest BCUT2D eigenvalue weighted by molar-refractivity contribution is 5.79. The van der Waals surface area contributed by atoms with Crippen LogP contribution in [0, 0.1) is 5.92 Å². The summed E-state index contributed by atoms with van der Waals surface area (Å²) in [6.07, 6.45) is 3.63. The summed E-state index contributed by atoms with van der Waals surface area (Å²) in [7, 11) is 2.16. The Labute approximate surface area is 97.8 Å². The highest BCUT2D eigenvalue weighted by atomic mass is 16.1. The number of amides is 1. The van der Waals surface area contributed by atoms with Gasteiger partial charge in [-0.15, -0.1) is 0 Å². The van der Waals surface area contributed by atoms with Crippen LogP contribution in [0.25, 0.3) is 0 Å². The lowest BCUT2D eigenvalue weighted by Crippen LogP contribution is -2.43. The van der Waals surface area contributed by atoms with Crippen molar-refractivity contribution in [2.75, 3.05) is 26.7 Å². The number of carbonyl (C=O) groups excluding carboxylic acids is 1. The maximum atomic E-state index is 11.8. The number of hydrogen-bond acceptors (Lipinski definition) is 3. The van der Waals surface area contributed by atoms with Gasteiger partial charge in [-0.05, 0) is 39.8 Å². The third-order valence-electron chi connectivity index (χ3n) is 3.82. The molecule has 1 aliphatic carbocycles. The van der Waals surface area contributed by atoms with Crippen LogP contribution in [-0.4, -0.2) is 49.6 Å². The first-order valence-electron chi connectivity index (χ1n) is 6.39. The van der Waals surface area contributed by atoms with Crippen molar-refractivity contribution in [3.05, 3.63) is 0 Å². The normalized spacial score (nSPS) is 27.1. The molecule has 0 bridgehead atoms. The van der Waals surface area contributed by atoms with Gasteiger partial charge in [-0.2, -0.15) is 0 Å². The van der Waals surface area contributed by atoms with Crippen molar-refractivity contribution in [3.63, 3.8) is 0 Å². The van der Waals surface area contributed by atoms with Crippen LogP contribution in [-0.2, 0) is 4.79 Å².